The number of hydrogen-bond acceptors (Lipinski definition) is 8. The molecule has 9 nitrogen and oxygen atoms in total. The molecule has 0 spiro atoms. The Balaban J connectivity index is 1.74. The zero-order valence-electron chi connectivity index (χ0n) is 19.0. The second kappa shape index (κ2) is 10.4. The first kappa shape index (κ1) is 24.8. The van der Waals surface area contributed by atoms with E-state index < -0.39 is 35.7 Å². The Morgan fingerprint density at radius 1 is 1.15 bits per heavy atom. The summed E-state index contributed by atoms with van der Waals surface area (Å²) in [5, 5.41) is 13.1. The van der Waals surface area contributed by atoms with Crippen molar-refractivity contribution >= 4 is 46.5 Å². The van der Waals surface area contributed by atoms with Crippen LogP contribution in [-0.2, 0) is 14.4 Å². The fraction of sp³-hybridized carbons (Fsp3) is 0.250. The van der Waals surface area contributed by atoms with E-state index in [1.54, 1.807) is 12.1 Å². The van der Waals surface area contributed by atoms with Crippen LogP contribution < -0.4 is 19.9 Å². The number of thioether (sulfide) groups is 1. The quantitative estimate of drug-likeness (QED) is 0.568. The molecule has 3 amide bonds. The van der Waals surface area contributed by atoms with E-state index in [0.29, 0.717) is 11.3 Å². The first-order valence-electron chi connectivity index (χ1n) is 10.3. The van der Waals surface area contributed by atoms with Crippen molar-refractivity contribution < 1.29 is 33.8 Å². The number of nitrogens with zero attached hydrogens (tertiary/aromatic N) is 1. The van der Waals surface area contributed by atoms with Crippen LogP contribution >= 0.6 is 11.8 Å². The van der Waals surface area contributed by atoms with Gasteiger partial charge in [-0.25, -0.2) is 0 Å². The van der Waals surface area contributed by atoms with Crippen LogP contribution in [0.15, 0.2) is 41.3 Å². The van der Waals surface area contributed by atoms with Gasteiger partial charge < -0.3 is 24.7 Å². The van der Waals surface area contributed by atoms with Crippen molar-refractivity contribution in [1.29, 1.82) is 0 Å². The number of carboxylic acid groups (broad SMARTS) is 1. The predicted octanol–water partition coefficient (Wildman–Crippen LogP) is 2.50. The smallest absolute Gasteiger partial charge is 0.294 e. The van der Waals surface area contributed by atoms with E-state index in [1.807, 2.05) is 32.0 Å². The van der Waals surface area contributed by atoms with Crippen molar-refractivity contribution in [2.24, 2.45) is 0 Å². The summed E-state index contributed by atoms with van der Waals surface area (Å²) >= 11 is 0.724. The minimum absolute atomic E-state index is 0.142. The predicted molar refractivity (Wildman–Crippen MR) is 125 cm³/mol. The van der Waals surface area contributed by atoms with Gasteiger partial charge in [-0.1, -0.05) is 24.3 Å². The zero-order chi connectivity index (χ0) is 25.0. The number of methoxy groups -OCH3 is 1. The number of carbonyl (C=O) groups is 4. The van der Waals surface area contributed by atoms with Gasteiger partial charge in [-0.05, 0) is 67.4 Å². The standard InChI is InChI=1S/C24H24N2O7S/c1-13-6-5-7-14(2)21(13)25-20(27)12-26-22(28)19(34-24(26)31)11-16-8-9-17(18(10-16)32-4)33-15(3)23(29)30/h5-11,15H,12H2,1-4H3,(H,25,27)(H,29,30)/p-1/b19-11+/t15-/m0/s1. The fourth-order valence-electron chi connectivity index (χ4n) is 3.23. The molecule has 1 atom stereocenters. The summed E-state index contributed by atoms with van der Waals surface area (Å²) in [7, 11) is 1.39. The van der Waals surface area contributed by atoms with Gasteiger partial charge in [0.1, 0.15) is 12.6 Å². The average molecular weight is 484 g/mol. The van der Waals surface area contributed by atoms with Crippen LogP contribution in [0.2, 0.25) is 0 Å². The molecule has 178 valence electrons. The maximum atomic E-state index is 12.8. The van der Waals surface area contributed by atoms with Crippen LogP contribution in [0.5, 0.6) is 11.5 Å². The number of para-hydroxylation sites is 1. The van der Waals surface area contributed by atoms with E-state index in [9.17, 15) is 24.3 Å². The summed E-state index contributed by atoms with van der Waals surface area (Å²) in [5.74, 6) is -2.01. The van der Waals surface area contributed by atoms with E-state index in [-0.39, 0.29) is 16.4 Å². The molecular weight excluding hydrogens is 460 g/mol. The summed E-state index contributed by atoms with van der Waals surface area (Å²) in [6, 6.07) is 10.2. The van der Waals surface area contributed by atoms with Gasteiger partial charge in [0, 0.05) is 5.69 Å². The number of aliphatic carboxylic acids is 1. The second-order valence-electron chi connectivity index (χ2n) is 7.57. The molecular formula is C24H23N2O7S-. The van der Waals surface area contributed by atoms with Crippen molar-refractivity contribution in [1.82, 2.24) is 4.90 Å². The number of hydrogen-bond donors (Lipinski definition) is 1. The molecule has 0 saturated carbocycles. The number of aryl methyl sites for hydroxylation is 2. The Kier molecular flexibility index (Phi) is 7.62. The van der Waals surface area contributed by atoms with Crippen LogP contribution in [-0.4, -0.2) is 47.7 Å². The molecule has 2 aromatic rings. The largest absolute Gasteiger partial charge is 0.546 e. The maximum Gasteiger partial charge on any atom is 0.294 e. The lowest BCUT2D eigenvalue weighted by molar-refractivity contribution is -0.312. The molecule has 1 aliphatic heterocycles. The van der Waals surface area contributed by atoms with Crippen molar-refractivity contribution in [3.8, 4) is 11.5 Å². The number of benzene rings is 2. The molecule has 2 aromatic carbocycles. The van der Waals surface area contributed by atoms with Crippen LogP contribution in [0.25, 0.3) is 6.08 Å². The average Bonchev–Trinajstić information content (AvgIpc) is 3.04. The first-order chi connectivity index (χ1) is 16.1. The topological polar surface area (TPSA) is 125 Å². The number of ether oxygens (including phenoxy) is 2. The number of rotatable bonds is 8. The Labute approximate surface area is 200 Å². The molecule has 0 aliphatic carbocycles. The molecule has 0 unspecified atom stereocenters. The summed E-state index contributed by atoms with van der Waals surface area (Å²) in [4.78, 5) is 49.7. The van der Waals surface area contributed by atoms with Crippen molar-refractivity contribution in [3.63, 3.8) is 0 Å². The minimum atomic E-state index is -1.37. The lowest BCUT2D eigenvalue weighted by atomic mass is 10.1. The van der Waals surface area contributed by atoms with Gasteiger partial charge in [0.05, 0.1) is 18.0 Å². The van der Waals surface area contributed by atoms with Crippen molar-refractivity contribution in [3.05, 3.63) is 58.0 Å². The summed E-state index contributed by atoms with van der Waals surface area (Å²) in [6.45, 7) is 4.63. The van der Waals surface area contributed by atoms with Crippen molar-refractivity contribution in [2.45, 2.75) is 26.9 Å². The number of amides is 3. The molecule has 34 heavy (non-hydrogen) atoms. The van der Waals surface area contributed by atoms with Gasteiger partial charge in [-0.2, -0.15) is 0 Å². The molecule has 10 heteroatoms. The number of carboxylic acids is 1. The van der Waals surface area contributed by atoms with Gasteiger partial charge >= 0.3 is 0 Å². The monoisotopic (exact) mass is 483 g/mol. The fourth-order valence-corrected chi connectivity index (χ4v) is 4.07. The number of nitrogens with one attached hydrogen (secondary N) is 1. The van der Waals surface area contributed by atoms with E-state index in [4.69, 9.17) is 9.47 Å². The molecule has 3 rings (SSSR count). The molecule has 1 fully saturated rings. The first-order valence-corrected chi connectivity index (χ1v) is 11.1. The SMILES string of the molecule is COc1cc(/C=C2/SC(=O)N(CC(=O)Nc3c(C)cccc3C)C2=O)ccc1O[C@@H](C)C(=O)[O-]. The molecule has 0 radical (unpaired) electrons. The highest BCUT2D eigenvalue weighted by atomic mass is 32.2. The normalized spacial score (nSPS) is 15.4. The van der Waals surface area contributed by atoms with E-state index in [0.717, 1.165) is 27.8 Å². The molecule has 1 aliphatic rings. The highest BCUT2D eigenvalue weighted by Gasteiger charge is 2.36. The van der Waals surface area contributed by atoms with Gasteiger partial charge in [-0.15, -0.1) is 0 Å². The number of imide groups is 1. The Hall–Kier alpha value is -3.79. The molecule has 1 heterocycles. The maximum absolute atomic E-state index is 12.8. The van der Waals surface area contributed by atoms with E-state index >= 15 is 0 Å². The van der Waals surface area contributed by atoms with Crippen molar-refractivity contribution in [2.75, 3.05) is 19.0 Å². The summed E-state index contributed by atoms with van der Waals surface area (Å²) in [5.41, 5.74) is 2.92. The van der Waals surface area contributed by atoms with Crippen LogP contribution in [0.1, 0.15) is 23.6 Å². The Bertz CT molecular complexity index is 1170. The lowest BCUT2D eigenvalue weighted by Crippen LogP contribution is -2.37. The zero-order valence-corrected chi connectivity index (χ0v) is 19.9. The minimum Gasteiger partial charge on any atom is -0.546 e. The van der Waals surface area contributed by atoms with Gasteiger partial charge in [0.15, 0.2) is 11.5 Å². The number of carbonyl (C=O) groups excluding carboxylic acids is 4. The van der Waals surface area contributed by atoms with Crippen LogP contribution in [0, 0.1) is 13.8 Å². The van der Waals surface area contributed by atoms with E-state index in [1.165, 1.54) is 26.2 Å². The van der Waals surface area contributed by atoms with E-state index in [2.05, 4.69) is 5.32 Å². The molecule has 1 N–H and O–H groups in total. The highest BCUT2D eigenvalue weighted by molar-refractivity contribution is 8.18. The number of anilines is 1. The lowest BCUT2D eigenvalue weighted by Gasteiger charge is -2.17. The molecule has 0 aromatic heterocycles. The van der Waals surface area contributed by atoms with Gasteiger partial charge in [0.25, 0.3) is 11.1 Å². The Morgan fingerprint density at radius 3 is 2.44 bits per heavy atom. The van der Waals surface area contributed by atoms with Gasteiger partial charge in [-0.3, -0.25) is 19.3 Å². The summed E-state index contributed by atoms with van der Waals surface area (Å²) < 4.78 is 10.5. The third kappa shape index (κ3) is 5.57. The second-order valence-corrected chi connectivity index (χ2v) is 8.57. The van der Waals surface area contributed by atoms with Gasteiger partial charge in [0.2, 0.25) is 5.91 Å². The highest BCUT2D eigenvalue weighted by Crippen LogP contribution is 2.35. The third-order valence-electron chi connectivity index (χ3n) is 5.04. The Morgan fingerprint density at radius 2 is 1.82 bits per heavy atom. The molecule has 0 bridgehead atoms. The van der Waals surface area contributed by atoms with Crippen LogP contribution in [0.3, 0.4) is 0 Å². The third-order valence-corrected chi connectivity index (χ3v) is 5.95. The van der Waals surface area contributed by atoms with Crippen LogP contribution in [0.4, 0.5) is 10.5 Å². The molecule has 1 saturated heterocycles. The summed E-state index contributed by atoms with van der Waals surface area (Å²) in [6.07, 6.45) is 0.300.